The molecule has 3 aliphatic rings. The van der Waals surface area contributed by atoms with Crippen LogP contribution in [0.4, 0.5) is 0 Å². The van der Waals surface area contributed by atoms with E-state index in [0.717, 1.165) is 6.42 Å². The third kappa shape index (κ3) is 3.64. The van der Waals surface area contributed by atoms with E-state index in [0.29, 0.717) is 0 Å². The Bertz CT molecular complexity index is 2760. The van der Waals surface area contributed by atoms with Gasteiger partial charge in [-0.2, -0.15) is 0 Å². The lowest BCUT2D eigenvalue weighted by atomic mass is 9.66. The first-order valence-corrected chi connectivity index (χ1v) is 17.4. The van der Waals surface area contributed by atoms with Crippen molar-refractivity contribution >= 4 is 44.0 Å². The van der Waals surface area contributed by atoms with Gasteiger partial charge in [0.25, 0.3) is 0 Å². The van der Waals surface area contributed by atoms with E-state index >= 15 is 0 Å². The lowest BCUT2D eigenvalue weighted by Crippen LogP contribution is -2.25. The standard InChI is InChI=1S/C49H32/c1-49-25-23-33-21-22-36(30-13-5-2-6-14-30)40-29-41-45(48(49)44(33)40)37(24-26-49)46-42(31-15-7-3-8-16-31)38-27-34-19-11-12-20-35(34)28-39(38)43(47(41)46)32-17-9-4-10-18-32/h2-25,27-29H,26H2,1H3. The van der Waals surface area contributed by atoms with Gasteiger partial charge in [0.1, 0.15) is 0 Å². The lowest BCUT2D eigenvalue weighted by molar-refractivity contribution is 0.604. The Morgan fingerprint density at radius 2 is 1.04 bits per heavy atom. The van der Waals surface area contributed by atoms with Crippen molar-refractivity contribution in [2.24, 2.45) is 0 Å². The van der Waals surface area contributed by atoms with Gasteiger partial charge in [-0.25, -0.2) is 0 Å². The minimum atomic E-state index is -0.0780. The van der Waals surface area contributed by atoms with Gasteiger partial charge in [-0.05, 0) is 129 Å². The van der Waals surface area contributed by atoms with Crippen molar-refractivity contribution in [2.75, 3.05) is 0 Å². The number of fused-ring (bicyclic) bond motifs is 5. The fourth-order valence-electron chi connectivity index (χ4n) is 9.29. The highest BCUT2D eigenvalue weighted by molar-refractivity contribution is 6.25. The van der Waals surface area contributed by atoms with Gasteiger partial charge >= 0.3 is 0 Å². The third-order valence-electron chi connectivity index (χ3n) is 11.5. The SMILES string of the molecule is CC12C=Cc3ccc(-c4ccccc4)c4cc5c(c1c34)C(=CC2)c1c-5c(-c2ccccc2)c2cc3ccccc3cc2c1-c1ccccc1. The molecule has 0 amide bonds. The molecular formula is C49H32. The molecule has 3 aliphatic carbocycles. The topological polar surface area (TPSA) is 0 Å². The van der Waals surface area contributed by atoms with E-state index in [9.17, 15) is 0 Å². The first kappa shape index (κ1) is 27.0. The van der Waals surface area contributed by atoms with Crippen LogP contribution in [0.1, 0.15) is 35.6 Å². The van der Waals surface area contributed by atoms with E-state index in [4.69, 9.17) is 0 Å². The molecule has 0 fully saturated rings. The lowest BCUT2D eigenvalue weighted by Gasteiger charge is -2.37. The van der Waals surface area contributed by atoms with E-state index in [2.05, 4.69) is 171 Å². The molecule has 0 nitrogen and oxygen atoms in total. The number of hydrogen-bond donors (Lipinski definition) is 0. The van der Waals surface area contributed by atoms with Crippen LogP contribution in [-0.2, 0) is 5.41 Å². The van der Waals surface area contributed by atoms with Crippen LogP contribution in [0.25, 0.3) is 88.5 Å². The second-order valence-corrected chi connectivity index (χ2v) is 14.2. The maximum Gasteiger partial charge on any atom is 0.0154 e. The molecular weight excluding hydrogens is 589 g/mol. The molecule has 8 aromatic rings. The summed E-state index contributed by atoms with van der Waals surface area (Å²) in [4.78, 5) is 0. The highest BCUT2D eigenvalue weighted by atomic mass is 14.4. The van der Waals surface area contributed by atoms with Crippen molar-refractivity contribution in [1.29, 1.82) is 0 Å². The molecule has 0 saturated carbocycles. The molecule has 0 bridgehead atoms. The summed E-state index contributed by atoms with van der Waals surface area (Å²) in [6.45, 7) is 2.45. The van der Waals surface area contributed by atoms with E-state index in [-0.39, 0.29) is 5.41 Å². The summed E-state index contributed by atoms with van der Waals surface area (Å²) in [7, 11) is 0. The second kappa shape index (κ2) is 9.78. The fourth-order valence-corrected chi connectivity index (χ4v) is 9.29. The fraction of sp³-hybridized carbons (Fsp3) is 0.0612. The Balaban J connectivity index is 1.40. The highest BCUT2D eigenvalue weighted by Crippen LogP contribution is 2.62. The van der Waals surface area contributed by atoms with Crippen molar-refractivity contribution < 1.29 is 0 Å². The Morgan fingerprint density at radius 1 is 0.469 bits per heavy atom. The van der Waals surface area contributed by atoms with Crippen LogP contribution in [0, 0.1) is 0 Å². The molecule has 0 saturated heterocycles. The van der Waals surface area contributed by atoms with Crippen LogP contribution >= 0.6 is 0 Å². The van der Waals surface area contributed by atoms with Crippen molar-refractivity contribution in [1.82, 2.24) is 0 Å². The van der Waals surface area contributed by atoms with Crippen LogP contribution < -0.4 is 0 Å². The van der Waals surface area contributed by atoms with Gasteiger partial charge in [0.05, 0.1) is 0 Å². The van der Waals surface area contributed by atoms with Crippen LogP contribution in [0.5, 0.6) is 0 Å². The number of hydrogen-bond acceptors (Lipinski definition) is 0. The maximum absolute atomic E-state index is 2.56. The zero-order valence-corrected chi connectivity index (χ0v) is 27.3. The average Bonchev–Trinajstić information content (AvgIpc) is 3.48. The first-order chi connectivity index (χ1) is 24.2. The molecule has 0 N–H and O–H groups in total. The predicted octanol–water partition coefficient (Wildman–Crippen LogP) is 13.2. The van der Waals surface area contributed by atoms with E-state index in [1.165, 1.54) is 105 Å². The summed E-state index contributed by atoms with van der Waals surface area (Å²) in [5, 5.41) is 7.93. The maximum atomic E-state index is 2.56. The average molecular weight is 621 g/mol. The summed E-state index contributed by atoms with van der Waals surface area (Å²) in [5.74, 6) is 0. The van der Waals surface area contributed by atoms with Crippen molar-refractivity contribution in [2.45, 2.75) is 18.8 Å². The highest BCUT2D eigenvalue weighted by Gasteiger charge is 2.42. The van der Waals surface area contributed by atoms with Crippen molar-refractivity contribution in [3.63, 3.8) is 0 Å². The molecule has 0 heteroatoms. The largest absolute Gasteiger partial charge is 0.0748 e. The summed E-state index contributed by atoms with van der Waals surface area (Å²) < 4.78 is 0. The second-order valence-electron chi connectivity index (χ2n) is 14.2. The van der Waals surface area contributed by atoms with Gasteiger partial charge in [0.15, 0.2) is 0 Å². The summed E-state index contributed by atoms with van der Waals surface area (Å²) in [6.07, 6.45) is 8.39. The van der Waals surface area contributed by atoms with Crippen molar-refractivity contribution in [3.8, 4) is 44.5 Å². The summed E-state index contributed by atoms with van der Waals surface area (Å²) in [5.41, 5.74) is 17.5. The predicted molar refractivity (Wildman–Crippen MR) is 209 cm³/mol. The normalized spacial score (nSPS) is 16.7. The minimum Gasteiger partial charge on any atom is -0.0748 e. The molecule has 1 atom stereocenters. The van der Waals surface area contributed by atoms with E-state index in [1.807, 2.05) is 0 Å². The molecule has 0 radical (unpaired) electrons. The number of benzene rings is 8. The van der Waals surface area contributed by atoms with Gasteiger partial charge in [0.2, 0.25) is 0 Å². The Labute approximate surface area is 286 Å². The Hall–Kier alpha value is -5.98. The smallest absolute Gasteiger partial charge is 0.0154 e. The van der Waals surface area contributed by atoms with Crippen LogP contribution in [0.2, 0.25) is 0 Å². The molecule has 11 rings (SSSR count). The Kier molecular flexibility index (Phi) is 5.39. The van der Waals surface area contributed by atoms with Gasteiger partial charge in [-0.3, -0.25) is 0 Å². The minimum absolute atomic E-state index is 0.0780. The number of rotatable bonds is 3. The molecule has 0 spiro atoms. The van der Waals surface area contributed by atoms with Gasteiger partial charge in [-0.1, -0.05) is 153 Å². The summed E-state index contributed by atoms with van der Waals surface area (Å²) >= 11 is 0. The first-order valence-electron chi connectivity index (χ1n) is 17.4. The monoisotopic (exact) mass is 620 g/mol. The molecule has 228 valence electrons. The quantitative estimate of drug-likeness (QED) is 0.172. The van der Waals surface area contributed by atoms with Crippen molar-refractivity contribution in [3.05, 3.63) is 180 Å². The zero-order valence-electron chi connectivity index (χ0n) is 27.3. The third-order valence-corrected chi connectivity index (χ3v) is 11.5. The van der Waals surface area contributed by atoms with Crippen LogP contribution in [0.15, 0.2) is 158 Å². The van der Waals surface area contributed by atoms with E-state index < -0.39 is 0 Å². The van der Waals surface area contributed by atoms with Crippen LogP contribution in [-0.4, -0.2) is 0 Å². The van der Waals surface area contributed by atoms with Gasteiger partial charge in [0, 0.05) is 5.41 Å². The Morgan fingerprint density at radius 3 is 1.67 bits per heavy atom. The molecule has 0 heterocycles. The zero-order chi connectivity index (χ0) is 32.3. The molecule has 8 aromatic carbocycles. The molecule has 1 unspecified atom stereocenters. The number of allylic oxidation sites excluding steroid dienone is 2. The molecule has 0 aliphatic heterocycles. The van der Waals surface area contributed by atoms with E-state index in [1.54, 1.807) is 0 Å². The van der Waals surface area contributed by atoms with Gasteiger partial charge < -0.3 is 0 Å². The van der Waals surface area contributed by atoms with Gasteiger partial charge in [-0.15, -0.1) is 0 Å². The summed E-state index contributed by atoms with van der Waals surface area (Å²) in [6, 6.07) is 54.2. The molecule has 49 heavy (non-hydrogen) atoms. The molecule has 0 aromatic heterocycles. The van der Waals surface area contributed by atoms with Crippen LogP contribution in [0.3, 0.4) is 0 Å².